The van der Waals surface area contributed by atoms with Gasteiger partial charge in [-0.2, -0.15) is 5.10 Å². The summed E-state index contributed by atoms with van der Waals surface area (Å²) in [5.41, 5.74) is 7.17. The minimum atomic E-state index is 0.465. The van der Waals surface area contributed by atoms with E-state index in [-0.39, 0.29) is 0 Å². The molecule has 84 valence electrons. The van der Waals surface area contributed by atoms with Crippen LogP contribution in [-0.4, -0.2) is 9.78 Å². The van der Waals surface area contributed by atoms with E-state index in [1.165, 1.54) is 0 Å². The molecule has 0 radical (unpaired) electrons. The molecule has 1 aromatic carbocycles. The zero-order valence-corrected chi connectivity index (χ0v) is 9.82. The maximum absolute atomic E-state index is 6.00. The van der Waals surface area contributed by atoms with Gasteiger partial charge in [0.2, 0.25) is 5.88 Å². The van der Waals surface area contributed by atoms with Crippen molar-refractivity contribution < 1.29 is 4.74 Å². The van der Waals surface area contributed by atoms with Crippen molar-refractivity contribution in [2.45, 2.75) is 6.92 Å². The van der Waals surface area contributed by atoms with Gasteiger partial charge in [0.1, 0.15) is 0 Å². The minimum absolute atomic E-state index is 0.465. The van der Waals surface area contributed by atoms with Crippen molar-refractivity contribution in [3.05, 3.63) is 35.0 Å². The van der Waals surface area contributed by atoms with Crippen LogP contribution in [0.3, 0.4) is 0 Å². The molecule has 0 spiro atoms. The number of nitrogens with two attached hydrogens (primary N) is 1. The number of benzene rings is 1. The first kappa shape index (κ1) is 10.8. The van der Waals surface area contributed by atoms with Gasteiger partial charge in [-0.05, 0) is 19.1 Å². The number of nitrogens with zero attached hydrogens (tertiary/aromatic N) is 2. The molecule has 0 amide bonds. The highest BCUT2D eigenvalue weighted by molar-refractivity contribution is 6.32. The van der Waals surface area contributed by atoms with Crippen molar-refractivity contribution >= 4 is 17.3 Å². The third-order valence-corrected chi connectivity index (χ3v) is 2.46. The Morgan fingerprint density at radius 3 is 2.75 bits per heavy atom. The highest BCUT2D eigenvalue weighted by Crippen LogP contribution is 2.34. The van der Waals surface area contributed by atoms with Crippen molar-refractivity contribution in [3.63, 3.8) is 0 Å². The first-order chi connectivity index (χ1) is 7.58. The number of anilines is 1. The number of hydrogen-bond donors (Lipinski definition) is 1. The molecule has 0 aliphatic rings. The molecule has 0 saturated carbocycles. The number of nitrogen functional groups attached to an aromatic ring is 1. The van der Waals surface area contributed by atoms with E-state index in [1.807, 2.05) is 13.0 Å². The normalized spacial score (nSPS) is 10.4. The summed E-state index contributed by atoms with van der Waals surface area (Å²) >= 11 is 6.00. The zero-order chi connectivity index (χ0) is 11.7. The van der Waals surface area contributed by atoms with Gasteiger partial charge in [0.15, 0.2) is 5.75 Å². The number of rotatable bonds is 2. The van der Waals surface area contributed by atoms with E-state index in [0.717, 1.165) is 5.69 Å². The molecular formula is C11H12ClN3O. The lowest BCUT2D eigenvalue weighted by atomic mass is 10.3. The molecule has 5 heteroatoms. The number of hydrogen-bond acceptors (Lipinski definition) is 3. The molecule has 2 N–H and O–H groups in total. The van der Waals surface area contributed by atoms with Crippen LogP contribution in [-0.2, 0) is 7.05 Å². The van der Waals surface area contributed by atoms with Gasteiger partial charge in [-0.3, -0.25) is 0 Å². The first-order valence-electron chi connectivity index (χ1n) is 4.80. The maximum atomic E-state index is 6.00. The first-order valence-corrected chi connectivity index (χ1v) is 5.18. The molecule has 0 fully saturated rings. The molecule has 16 heavy (non-hydrogen) atoms. The van der Waals surface area contributed by atoms with E-state index in [0.29, 0.717) is 22.3 Å². The molecular weight excluding hydrogens is 226 g/mol. The standard InChI is InChI=1S/C11H12ClN3O/c1-7-6-10(15(2)14-7)16-11-8(12)4-3-5-9(11)13/h3-6H,13H2,1-2H3. The van der Waals surface area contributed by atoms with Gasteiger partial charge in [-0.25, -0.2) is 4.68 Å². The molecule has 0 aliphatic heterocycles. The third kappa shape index (κ3) is 1.97. The molecule has 1 aromatic heterocycles. The summed E-state index contributed by atoms with van der Waals surface area (Å²) in [6, 6.07) is 7.07. The Morgan fingerprint density at radius 2 is 2.19 bits per heavy atom. The predicted octanol–water partition coefficient (Wildman–Crippen LogP) is 2.76. The maximum Gasteiger partial charge on any atom is 0.217 e. The van der Waals surface area contributed by atoms with Gasteiger partial charge in [0, 0.05) is 13.1 Å². The van der Waals surface area contributed by atoms with E-state index in [2.05, 4.69) is 5.10 Å². The van der Waals surface area contributed by atoms with Crippen molar-refractivity contribution in [1.82, 2.24) is 9.78 Å². The average molecular weight is 238 g/mol. The van der Waals surface area contributed by atoms with Crippen LogP contribution in [0.2, 0.25) is 5.02 Å². The third-order valence-electron chi connectivity index (χ3n) is 2.16. The Morgan fingerprint density at radius 1 is 1.44 bits per heavy atom. The molecule has 2 rings (SSSR count). The van der Waals surface area contributed by atoms with Gasteiger partial charge >= 0.3 is 0 Å². The Bertz CT molecular complexity index is 502. The van der Waals surface area contributed by atoms with Crippen LogP contribution >= 0.6 is 11.6 Å². The van der Waals surface area contributed by atoms with Crippen molar-refractivity contribution in [2.75, 3.05) is 5.73 Å². The number of aryl methyl sites for hydroxylation is 2. The van der Waals surface area contributed by atoms with Crippen LogP contribution in [0.1, 0.15) is 5.69 Å². The monoisotopic (exact) mass is 237 g/mol. The van der Waals surface area contributed by atoms with Gasteiger partial charge in [-0.1, -0.05) is 17.7 Å². The Hall–Kier alpha value is -1.68. The molecule has 1 heterocycles. The van der Waals surface area contributed by atoms with Gasteiger partial charge in [0.05, 0.1) is 16.4 Å². The Labute approximate surface area is 98.6 Å². The number of para-hydroxylation sites is 1. The summed E-state index contributed by atoms with van der Waals surface area (Å²) in [7, 11) is 1.80. The Balaban J connectivity index is 2.37. The van der Waals surface area contributed by atoms with E-state index in [9.17, 15) is 0 Å². The van der Waals surface area contributed by atoms with Crippen molar-refractivity contribution in [1.29, 1.82) is 0 Å². The zero-order valence-electron chi connectivity index (χ0n) is 9.07. The average Bonchev–Trinajstić information content (AvgIpc) is 2.51. The topological polar surface area (TPSA) is 53.1 Å². The lowest BCUT2D eigenvalue weighted by Crippen LogP contribution is -1.98. The summed E-state index contributed by atoms with van der Waals surface area (Å²) in [5.74, 6) is 1.07. The summed E-state index contributed by atoms with van der Waals surface area (Å²) < 4.78 is 7.27. The lowest BCUT2D eigenvalue weighted by Gasteiger charge is -2.09. The molecule has 4 nitrogen and oxygen atoms in total. The van der Waals surface area contributed by atoms with Crippen LogP contribution in [0.5, 0.6) is 11.6 Å². The minimum Gasteiger partial charge on any atom is -0.436 e. The fraction of sp³-hybridized carbons (Fsp3) is 0.182. The molecule has 0 saturated heterocycles. The lowest BCUT2D eigenvalue weighted by molar-refractivity contribution is 0.433. The summed E-state index contributed by atoms with van der Waals surface area (Å²) in [6.45, 7) is 1.89. The molecule has 2 aromatic rings. The predicted molar refractivity (Wildman–Crippen MR) is 63.9 cm³/mol. The van der Waals surface area contributed by atoms with Crippen LogP contribution < -0.4 is 10.5 Å². The van der Waals surface area contributed by atoms with Crippen LogP contribution in [0, 0.1) is 6.92 Å². The second-order valence-corrected chi connectivity index (χ2v) is 3.92. The summed E-state index contributed by atoms with van der Waals surface area (Å²) in [6.07, 6.45) is 0. The summed E-state index contributed by atoms with van der Waals surface area (Å²) in [4.78, 5) is 0. The number of aromatic nitrogens is 2. The van der Waals surface area contributed by atoms with Crippen LogP contribution in [0.4, 0.5) is 5.69 Å². The number of halogens is 1. The SMILES string of the molecule is Cc1cc(Oc2c(N)cccc2Cl)n(C)n1. The molecule has 0 atom stereocenters. The number of ether oxygens (including phenoxy) is 1. The van der Waals surface area contributed by atoms with Crippen LogP contribution in [0.25, 0.3) is 0 Å². The molecule has 0 bridgehead atoms. The molecule has 0 aliphatic carbocycles. The smallest absolute Gasteiger partial charge is 0.217 e. The van der Waals surface area contributed by atoms with E-state index < -0.39 is 0 Å². The van der Waals surface area contributed by atoms with Crippen molar-refractivity contribution in [2.24, 2.45) is 7.05 Å². The Kier molecular flexibility index (Phi) is 2.75. The van der Waals surface area contributed by atoms with E-state index >= 15 is 0 Å². The second-order valence-electron chi connectivity index (χ2n) is 3.51. The quantitative estimate of drug-likeness (QED) is 0.818. The highest BCUT2D eigenvalue weighted by atomic mass is 35.5. The second kappa shape index (κ2) is 4.06. The van der Waals surface area contributed by atoms with E-state index in [1.54, 1.807) is 29.9 Å². The van der Waals surface area contributed by atoms with E-state index in [4.69, 9.17) is 22.1 Å². The van der Waals surface area contributed by atoms with Gasteiger partial charge in [0.25, 0.3) is 0 Å². The van der Waals surface area contributed by atoms with Gasteiger partial charge in [-0.15, -0.1) is 0 Å². The fourth-order valence-electron chi connectivity index (χ4n) is 1.42. The largest absolute Gasteiger partial charge is 0.436 e. The fourth-order valence-corrected chi connectivity index (χ4v) is 1.64. The van der Waals surface area contributed by atoms with Crippen LogP contribution in [0.15, 0.2) is 24.3 Å². The van der Waals surface area contributed by atoms with Crippen molar-refractivity contribution in [3.8, 4) is 11.6 Å². The van der Waals surface area contributed by atoms with Gasteiger partial charge < -0.3 is 10.5 Å². The summed E-state index contributed by atoms with van der Waals surface area (Å²) in [5, 5.41) is 4.66. The highest BCUT2D eigenvalue weighted by Gasteiger charge is 2.10. The molecule has 0 unspecified atom stereocenters.